The molecule has 7 heteroatoms. The summed E-state index contributed by atoms with van der Waals surface area (Å²) in [6.07, 6.45) is 5.24. The molecule has 1 atom stereocenters. The third-order valence-electron chi connectivity index (χ3n) is 3.31. The van der Waals surface area contributed by atoms with Crippen LogP contribution >= 0.6 is 11.8 Å². The molecule has 2 aromatic rings. The van der Waals surface area contributed by atoms with Gasteiger partial charge in [0, 0.05) is 30.3 Å². The van der Waals surface area contributed by atoms with E-state index in [0.717, 1.165) is 5.56 Å². The van der Waals surface area contributed by atoms with Crippen LogP contribution in [0.2, 0.25) is 0 Å². The lowest BCUT2D eigenvalue weighted by Gasteiger charge is -2.12. The number of amides is 3. The van der Waals surface area contributed by atoms with E-state index < -0.39 is 0 Å². The minimum Gasteiger partial charge on any atom is -0.334 e. The molecule has 6 nitrogen and oxygen atoms in total. The fraction of sp³-hybridized carbons (Fsp3) is 0.235. The topological polar surface area (TPSA) is 83.1 Å². The second kappa shape index (κ2) is 8.93. The zero-order valence-corrected chi connectivity index (χ0v) is 14.4. The van der Waals surface area contributed by atoms with Crippen molar-refractivity contribution in [2.24, 2.45) is 0 Å². The van der Waals surface area contributed by atoms with Crippen LogP contribution in [0.4, 0.5) is 16.2 Å². The number of aromatic nitrogens is 1. The predicted octanol–water partition coefficient (Wildman–Crippen LogP) is 3.09. The lowest BCUT2D eigenvalue weighted by atomic mass is 10.2. The maximum absolute atomic E-state index is 11.9. The van der Waals surface area contributed by atoms with Crippen molar-refractivity contribution in [2.45, 2.75) is 18.7 Å². The van der Waals surface area contributed by atoms with E-state index in [4.69, 9.17) is 0 Å². The van der Waals surface area contributed by atoms with E-state index in [9.17, 15) is 9.59 Å². The van der Waals surface area contributed by atoms with Crippen LogP contribution in [0.1, 0.15) is 12.5 Å². The molecule has 0 aliphatic heterocycles. The van der Waals surface area contributed by atoms with E-state index in [1.54, 1.807) is 36.7 Å². The van der Waals surface area contributed by atoms with Gasteiger partial charge in [-0.05, 0) is 49.1 Å². The molecular formula is C17H20N4O2S. The van der Waals surface area contributed by atoms with Gasteiger partial charge in [0.2, 0.25) is 5.91 Å². The number of nitrogens with zero attached hydrogens (tertiary/aromatic N) is 1. The van der Waals surface area contributed by atoms with Gasteiger partial charge < -0.3 is 16.0 Å². The minimum absolute atomic E-state index is 0.0678. The van der Waals surface area contributed by atoms with E-state index in [-0.39, 0.29) is 17.2 Å². The highest BCUT2D eigenvalue weighted by Gasteiger charge is 2.11. The van der Waals surface area contributed by atoms with Gasteiger partial charge in [0.25, 0.3) is 0 Å². The van der Waals surface area contributed by atoms with Crippen molar-refractivity contribution in [2.75, 3.05) is 16.9 Å². The number of rotatable bonds is 6. The lowest BCUT2D eigenvalue weighted by molar-refractivity contribution is -0.115. The molecule has 3 amide bonds. The smallest absolute Gasteiger partial charge is 0.319 e. The molecule has 0 aliphatic carbocycles. The Morgan fingerprint density at radius 1 is 1.12 bits per heavy atom. The summed E-state index contributed by atoms with van der Waals surface area (Å²) < 4.78 is 0. The van der Waals surface area contributed by atoms with Crippen LogP contribution in [0.5, 0.6) is 0 Å². The van der Waals surface area contributed by atoms with Crippen LogP contribution in [0.3, 0.4) is 0 Å². The number of urea groups is 1. The van der Waals surface area contributed by atoms with E-state index in [0.29, 0.717) is 17.9 Å². The van der Waals surface area contributed by atoms with E-state index in [1.807, 2.05) is 25.3 Å². The van der Waals surface area contributed by atoms with Crippen LogP contribution in [-0.2, 0) is 11.3 Å². The molecule has 0 spiro atoms. The highest BCUT2D eigenvalue weighted by Crippen LogP contribution is 2.16. The molecule has 0 aliphatic rings. The SMILES string of the molecule is CS[C@H](C)C(=O)Nc1cccc(NC(=O)NCc2ccncc2)c1. The molecule has 0 radical (unpaired) electrons. The van der Waals surface area contributed by atoms with E-state index in [1.165, 1.54) is 11.8 Å². The summed E-state index contributed by atoms with van der Waals surface area (Å²) in [5, 5.41) is 8.21. The maximum Gasteiger partial charge on any atom is 0.319 e. The first-order valence-electron chi connectivity index (χ1n) is 7.46. The summed E-state index contributed by atoms with van der Waals surface area (Å²) in [5.74, 6) is -0.0678. The summed E-state index contributed by atoms with van der Waals surface area (Å²) in [6, 6.07) is 10.4. The average Bonchev–Trinajstić information content (AvgIpc) is 2.60. The number of hydrogen-bond donors (Lipinski definition) is 3. The molecule has 0 saturated carbocycles. The van der Waals surface area contributed by atoms with Crippen LogP contribution in [-0.4, -0.2) is 28.4 Å². The molecule has 1 aromatic carbocycles. The van der Waals surface area contributed by atoms with Crippen molar-refractivity contribution < 1.29 is 9.59 Å². The Balaban J connectivity index is 1.89. The number of anilines is 2. The quantitative estimate of drug-likeness (QED) is 0.752. The maximum atomic E-state index is 11.9. The molecule has 0 bridgehead atoms. The van der Waals surface area contributed by atoms with Crippen molar-refractivity contribution in [1.29, 1.82) is 0 Å². The molecule has 0 fully saturated rings. The zero-order chi connectivity index (χ0) is 17.4. The Hall–Kier alpha value is -2.54. The summed E-state index contributed by atoms with van der Waals surface area (Å²) in [5.41, 5.74) is 2.22. The second-order valence-electron chi connectivity index (χ2n) is 5.11. The average molecular weight is 344 g/mol. The molecule has 0 saturated heterocycles. The Morgan fingerprint density at radius 3 is 2.46 bits per heavy atom. The second-order valence-corrected chi connectivity index (χ2v) is 6.29. The fourth-order valence-corrected chi connectivity index (χ4v) is 2.16. The highest BCUT2D eigenvalue weighted by atomic mass is 32.2. The van der Waals surface area contributed by atoms with Crippen molar-refractivity contribution in [3.05, 3.63) is 54.4 Å². The monoisotopic (exact) mass is 344 g/mol. The molecule has 2 rings (SSSR count). The Labute approximate surface area is 145 Å². The van der Waals surface area contributed by atoms with Gasteiger partial charge in [-0.2, -0.15) is 11.8 Å². The first-order valence-corrected chi connectivity index (χ1v) is 8.75. The van der Waals surface area contributed by atoms with Gasteiger partial charge in [0.15, 0.2) is 0 Å². The Morgan fingerprint density at radius 2 is 1.79 bits per heavy atom. The number of carbonyl (C=O) groups is 2. The Kier molecular flexibility index (Phi) is 6.62. The lowest BCUT2D eigenvalue weighted by Crippen LogP contribution is -2.28. The van der Waals surface area contributed by atoms with E-state index in [2.05, 4.69) is 20.9 Å². The van der Waals surface area contributed by atoms with Gasteiger partial charge in [0.05, 0.1) is 5.25 Å². The molecule has 3 N–H and O–H groups in total. The van der Waals surface area contributed by atoms with E-state index >= 15 is 0 Å². The molecule has 1 heterocycles. The summed E-state index contributed by atoms with van der Waals surface area (Å²) >= 11 is 1.48. The predicted molar refractivity (Wildman–Crippen MR) is 98.1 cm³/mol. The fourth-order valence-electron chi connectivity index (χ4n) is 1.88. The summed E-state index contributed by atoms with van der Waals surface area (Å²) in [7, 11) is 0. The first-order chi connectivity index (χ1) is 11.6. The van der Waals surface area contributed by atoms with Crippen molar-refractivity contribution >= 4 is 35.1 Å². The first kappa shape index (κ1) is 17.8. The standard InChI is InChI=1S/C17H20N4O2S/c1-12(24-2)16(22)20-14-4-3-5-15(10-14)21-17(23)19-11-13-6-8-18-9-7-13/h3-10,12H,11H2,1-2H3,(H,20,22)(H2,19,21,23)/t12-/m1/s1. The van der Waals surface area contributed by atoms with Gasteiger partial charge in [-0.1, -0.05) is 6.07 Å². The molecular weight excluding hydrogens is 324 g/mol. The van der Waals surface area contributed by atoms with Crippen molar-refractivity contribution in [3.8, 4) is 0 Å². The zero-order valence-electron chi connectivity index (χ0n) is 13.6. The molecule has 1 aromatic heterocycles. The number of hydrogen-bond acceptors (Lipinski definition) is 4. The Bertz CT molecular complexity index is 694. The van der Waals surface area contributed by atoms with Gasteiger partial charge in [-0.3, -0.25) is 9.78 Å². The van der Waals surface area contributed by atoms with Crippen LogP contribution in [0.25, 0.3) is 0 Å². The van der Waals surface area contributed by atoms with Crippen molar-refractivity contribution in [1.82, 2.24) is 10.3 Å². The van der Waals surface area contributed by atoms with Crippen LogP contribution in [0, 0.1) is 0 Å². The minimum atomic E-state index is -0.312. The van der Waals surface area contributed by atoms with Gasteiger partial charge in [-0.25, -0.2) is 4.79 Å². The van der Waals surface area contributed by atoms with Gasteiger partial charge in [-0.15, -0.1) is 0 Å². The van der Waals surface area contributed by atoms with Crippen LogP contribution in [0.15, 0.2) is 48.8 Å². The highest BCUT2D eigenvalue weighted by molar-refractivity contribution is 7.99. The van der Waals surface area contributed by atoms with Crippen molar-refractivity contribution in [3.63, 3.8) is 0 Å². The van der Waals surface area contributed by atoms with Gasteiger partial charge in [0.1, 0.15) is 0 Å². The summed E-state index contributed by atoms with van der Waals surface area (Å²) in [6.45, 7) is 2.25. The largest absolute Gasteiger partial charge is 0.334 e. The molecule has 126 valence electrons. The van der Waals surface area contributed by atoms with Gasteiger partial charge >= 0.3 is 6.03 Å². The number of pyridine rings is 1. The third-order valence-corrected chi connectivity index (χ3v) is 4.23. The normalized spacial score (nSPS) is 11.4. The van der Waals surface area contributed by atoms with Crippen LogP contribution < -0.4 is 16.0 Å². The number of thioether (sulfide) groups is 1. The number of nitrogens with one attached hydrogen (secondary N) is 3. The summed E-state index contributed by atoms with van der Waals surface area (Å²) in [4.78, 5) is 27.8. The number of carbonyl (C=O) groups excluding carboxylic acids is 2. The molecule has 24 heavy (non-hydrogen) atoms. The number of benzene rings is 1. The molecule has 0 unspecified atom stereocenters. The third kappa shape index (κ3) is 5.58.